The molecule has 2 rings (SSSR count). The van der Waals surface area contributed by atoms with Crippen LogP contribution in [-0.4, -0.2) is 30.6 Å². The highest BCUT2D eigenvalue weighted by molar-refractivity contribution is 14.0. The first kappa shape index (κ1) is 22.6. The number of aromatic nitrogens is 1. The van der Waals surface area contributed by atoms with E-state index in [4.69, 9.17) is 4.74 Å². The van der Waals surface area contributed by atoms with Gasteiger partial charge in [0.05, 0.1) is 13.1 Å². The second kappa shape index (κ2) is 12.0. The van der Waals surface area contributed by atoms with Crippen LogP contribution in [0.4, 0.5) is 8.78 Å². The molecule has 0 aliphatic rings. The number of thiazole rings is 1. The highest BCUT2D eigenvalue weighted by Gasteiger charge is 2.05. The first-order valence-corrected chi connectivity index (χ1v) is 8.97. The lowest BCUT2D eigenvalue weighted by Crippen LogP contribution is -2.39. The fraction of sp³-hybridized carbons (Fsp3) is 0.412. The van der Waals surface area contributed by atoms with E-state index in [1.165, 1.54) is 10.9 Å². The van der Waals surface area contributed by atoms with Crippen molar-refractivity contribution in [1.29, 1.82) is 0 Å². The molecule has 0 bridgehead atoms. The monoisotopic (exact) mass is 496 g/mol. The van der Waals surface area contributed by atoms with E-state index < -0.39 is 11.6 Å². The van der Waals surface area contributed by atoms with Gasteiger partial charge in [-0.2, -0.15) is 0 Å². The quantitative estimate of drug-likeness (QED) is 0.253. The second-order valence-corrected chi connectivity index (χ2v) is 6.32. The predicted molar refractivity (Wildman–Crippen MR) is 112 cm³/mol. The summed E-state index contributed by atoms with van der Waals surface area (Å²) in [5.74, 6) is -0.673. The summed E-state index contributed by atoms with van der Waals surface area (Å²) < 4.78 is 31.6. The van der Waals surface area contributed by atoms with E-state index >= 15 is 0 Å². The zero-order chi connectivity index (χ0) is 18.1. The topological polar surface area (TPSA) is 58.5 Å². The third-order valence-electron chi connectivity index (χ3n) is 3.21. The van der Waals surface area contributed by atoms with Gasteiger partial charge in [0, 0.05) is 23.7 Å². The Morgan fingerprint density at radius 1 is 1.27 bits per heavy atom. The predicted octanol–water partition coefficient (Wildman–Crippen LogP) is 3.74. The summed E-state index contributed by atoms with van der Waals surface area (Å²) in [4.78, 5) is 10.0. The van der Waals surface area contributed by atoms with Crippen molar-refractivity contribution in [3.8, 4) is 5.75 Å². The van der Waals surface area contributed by atoms with E-state index in [-0.39, 0.29) is 36.3 Å². The molecule has 26 heavy (non-hydrogen) atoms. The van der Waals surface area contributed by atoms with Crippen molar-refractivity contribution in [2.75, 3.05) is 19.7 Å². The van der Waals surface area contributed by atoms with Crippen molar-refractivity contribution in [3.05, 3.63) is 45.9 Å². The van der Waals surface area contributed by atoms with Gasteiger partial charge in [0.2, 0.25) is 0 Å². The Balaban J connectivity index is 0.00000338. The molecule has 0 radical (unpaired) electrons. The van der Waals surface area contributed by atoms with Crippen LogP contribution in [0.3, 0.4) is 0 Å². The van der Waals surface area contributed by atoms with Gasteiger partial charge < -0.3 is 15.4 Å². The molecule has 0 unspecified atom stereocenters. The van der Waals surface area contributed by atoms with Crippen LogP contribution in [-0.2, 0) is 13.0 Å². The van der Waals surface area contributed by atoms with Gasteiger partial charge >= 0.3 is 0 Å². The average Bonchev–Trinajstić information content (AvgIpc) is 3.06. The van der Waals surface area contributed by atoms with Gasteiger partial charge in [-0.15, -0.1) is 35.3 Å². The van der Waals surface area contributed by atoms with Crippen LogP contribution in [0.25, 0.3) is 0 Å². The number of hydrogen-bond acceptors (Lipinski definition) is 4. The summed E-state index contributed by atoms with van der Waals surface area (Å²) in [6.07, 6.45) is 2.85. The van der Waals surface area contributed by atoms with E-state index in [0.717, 1.165) is 30.1 Å². The summed E-state index contributed by atoms with van der Waals surface area (Å²) in [5.41, 5.74) is 0. The Bertz CT molecular complexity index is 712. The molecule has 0 saturated heterocycles. The summed E-state index contributed by atoms with van der Waals surface area (Å²) in [6, 6.07) is 3.24. The van der Waals surface area contributed by atoms with Gasteiger partial charge in [0.15, 0.2) is 17.5 Å². The average molecular weight is 496 g/mol. The third-order valence-corrected chi connectivity index (χ3v) is 4.34. The lowest BCUT2D eigenvalue weighted by molar-refractivity contribution is 0.304. The van der Waals surface area contributed by atoms with Crippen LogP contribution in [0.1, 0.15) is 23.7 Å². The molecule has 0 spiro atoms. The summed E-state index contributed by atoms with van der Waals surface area (Å²) in [7, 11) is 0. The molecule has 9 heteroatoms. The van der Waals surface area contributed by atoms with Crippen LogP contribution >= 0.6 is 35.3 Å². The fourth-order valence-corrected chi connectivity index (χ4v) is 2.78. The maximum Gasteiger partial charge on any atom is 0.191 e. The van der Waals surface area contributed by atoms with E-state index in [2.05, 4.69) is 27.5 Å². The normalized spacial score (nSPS) is 11.0. The second-order valence-electron chi connectivity index (χ2n) is 5.12. The zero-order valence-electron chi connectivity index (χ0n) is 14.7. The molecule has 0 aliphatic carbocycles. The first-order valence-electron chi connectivity index (χ1n) is 8.16. The van der Waals surface area contributed by atoms with Crippen molar-refractivity contribution in [1.82, 2.24) is 15.6 Å². The number of aryl methyl sites for hydroxylation is 1. The minimum absolute atomic E-state index is 0. The van der Waals surface area contributed by atoms with Gasteiger partial charge in [-0.1, -0.05) is 6.92 Å². The molecule has 2 aromatic rings. The van der Waals surface area contributed by atoms with Gasteiger partial charge in [-0.3, -0.25) is 0 Å². The van der Waals surface area contributed by atoms with Crippen molar-refractivity contribution in [2.45, 2.75) is 26.8 Å². The molecule has 1 heterocycles. The van der Waals surface area contributed by atoms with Gasteiger partial charge in [-0.25, -0.2) is 18.8 Å². The largest absolute Gasteiger partial charge is 0.489 e. The first-order chi connectivity index (χ1) is 12.1. The number of rotatable bonds is 8. The molecule has 0 fully saturated rings. The van der Waals surface area contributed by atoms with Crippen molar-refractivity contribution in [3.63, 3.8) is 0 Å². The SMILES string of the molecule is CCNC(=NCc1ncc(CC)s1)NCCOc1ccc(F)cc1F.I. The highest BCUT2D eigenvalue weighted by Crippen LogP contribution is 2.17. The highest BCUT2D eigenvalue weighted by atomic mass is 127. The van der Waals surface area contributed by atoms with Crippen LogP contribution in [0.2, 0.25) is 0 Å². The molecule has 144 valence electrons. The molecular formula is C17H23F2IN4OS. The minimum atomic E-state index is -0.712. The summed E-state index contributed by atoms with van der Waals surface area (Å²) in [6.45, 7) is 5.94. The maximum atomic E-state index is 13.5. The van der Waals surface area contributed by atoms with Crippen LogP contribution in [0.15, 0.2) is 29.4 Å². The molecule has 0 saturated carbocycles. The Labute approximate surface area is 173 Å². The lowest BCUT2D eigenvalue weighted by atomic mass is 10.3. The van der Waals surface area contributed by atoms with Gasteiger partial charge in [-0.05, 0) is 25.5 Å². The Morgan fingerprint density at radius 3 is 2.73 bits per heavy atom. The number of hydrogen-bond donors (Lipinski definition) is 2. The number of ether oxygens (including phenoxy) is 1. The van der Waals surface area contributed by atoms with E-state index in [0.29, 0.717) is 19.0 Å². The van der Waals surface area contributed by atoms with E-state index in [1.807, 2.05) is 13.1 Å². The fourth-order valence-electron chi connectivity index (χ4n) is 2.00. The van der Waals surface area contributed by atoms with Crippen molar-refractivity contribution in [2.24, 2.45) is 4.99 Å². The molecular weight excluding hydrogens is 473 g/mol. The van der Waals surface area contributed by atoms with E-state index in [1.54, 1.807) is 11.3 Å². The third kappa shape index (κ3) is 7.40. The molecule has 1 aromatic carbocycles. The van der Waals surface area contributed by atoms with Gasteiger partial charge in [0.1, 0.15) is 17.4 Å². The van der Waals surface area contributed by atoms with E-state index in [9.17, 15) is 8.78 Å². The Kier molecular flexibility index (Phi) is 10.4. The standard InChI is InChI=1S/C17H22F2N4OS.HI/c1-3-13-10-22-16(25-13)11-23-17(20-4-2)21-7-8-24-15-6-5-12(18)9-14(15)19;/h5-6,9-10H,3-4,7-8,11H2,1-2H3,(H2,20,21,23);1H. The Hall–Kier alpha value is -1.49. The minimum Gasteiger partial charge on any atom is -0.489 e. The molecule has 0 aliphatic heterocycles. The van der Waals surface area contributed by atoms with Crippen LogP contribution < -0.4 is 15.4 Å². The number of aliphatic imine (C=N–C) groups is 1. The summed E-state index contributed by atoms with van der Waals surface area (Å²) in [5, 5.41) is 7.19. The lowest BCUT2D eigenvalue weighted by Gasteiger charge is -2.12. The zero-order valence-corrected chi connectivity index (χ0v) is 17.9. The number of nitrogens with zero attached hydrogens (tertiary/aromatic N) is 2. The van der Waals surface area contributed by atoms with Crippen LogP contribution in [0.5, 0.6) is 5.75 Å². The molecule has 1 aromatic heterocycles. The number of halogens is 3. The van der Waals surface area contributed by atoms with Gasteiger partial charge in [0.25, 0.3) is 0 Å². The number of benzene rings is 1. The number of guanidine groups is 1. The molecule has 5 nitrogen and oxygen atoms in total. The maximum absolute atomic E-state index is 13.5. The molecule has 2 N–H and O–H groups in total. The van der Waals surface area contributed by atoms with Crippen molar-refractivity contribution < 1.29 is 13.5 Å². The van der Waals surface area contributed by atoms with Crippen molar-refractivity contribution >= 4 is 41.3 Å². The molecule has 0 amide bonds. The smallest absolute Gasteiger partial charge is 0.191 e. The molecule has 0 atom stereocenters. The van der Waals surface area contributed by atoms with Crippen LogP contribution in [0, 0.1) is 11.6 Å². The number of nitrogens with one attached hydrogen (secondary N) is 2. The summed E-state index contributed by atoms with van der Waals surface area (Å²) >= 11 is 1.65. The Morgan fingerprint density at radius 2 is 2.08 bits per heavy atom.